The van der Waals surface area contributed by atoms with Gasteiger partial charge < -0.3 is 0 Å². The lowest BCUT2D eigenvalue weighted by Gasteiger charge is -2.16. The minimum Gasteiger partial charge on any atom is -0.145 e. The van der Waals surface area contributed by atoms with Crippen molar-refractivity contribution in [3.05, 3.63) is 10.5 Å². The second kappa shape index (κ2) is 8.38. The maximum Gasteiger partial charge on any atom is 0.295 e. The molecule has 16 heavy (non-hydrogen) atoms. The molecular weight excluding hydrogens is 207 g/mol. The maximum absolute atomic E-state index is 2.69. The molecule has 0 nitrogen and oxygen atoms in total. The zero-order chi connectivity index (χ0) is 12.7. The molecule has 0 aromatic heterocycles. The Bertz CT molecular complexity index is 193. The van der Waals surface area contributed by atoms with Crippen LogP contribution < -0.4 is 0 Å². The van der Waals surface area contributed by atoms with E-state index in [2.05, 4.69) is 53.4 Å². The minimum atomic E-state index is -0.640. The molecular formula is C15H31Al. The Balaban J connectivity index is 4.50. The van der Waals surface area contributed by atoms with E-state index in [0.717, 1.165) is 17.8 Å². The van der Waals surface area contributed by atoms with Crippen molar-refractivity contribution in [3.63, 3.8) is 0 Å². The SMILES string of the molecule is CCC(C)C(C)=[CH][Al]([CH2]C(C)C)[CH2]C(C)C. The molecule has 0 aliphatic heterocycles. The summed E-state index contributed by atoms with van der Waals surface area (Å²) in [4.78, 5) is 2.69. The van der Waals surface area contributed by atoms with E-state index in [1.807, 2.05) is 0 Å². The van der Waals surface area contributed by atoms with E-state index in [1.165, 1.54) is 17.0 Å². The van der Waals surface area contributed by atoms with Gasteiger partial charge in [0.25, 0.3) is 14.1 Å². The van der Waals surface area contributed by atoms with Gasteiger partial charge in [-0.05, 0) is 19.3 Å². The molecule has 0 saturated heterocycles. The second-order valence-corrected chi connectivity index (χ2v) is 9.04. The van der Waals surface area contributed by atoms with Gasteiger partial charge in [-0.1, -0.05) is 69.5 Å². The van der Waals surface area contributed by atoms with Gasteiger partial charge in [0.05, 0.1) is 0 Å². The maximum atomic E-state index is 2.69. The van der Waals surface area contributed by atoms with Crippen molar-refractivity contribution in [2.24, 2.45) is 17.8 Å². The van der Waals surface area contributed by atoms with Crippen molar-refractivity contribution in [1.82, 2.24) is 0 Å². The Morgan fingerprint density at radius 3 is 1.75 bits per heavy atom. The first-order chi connectivity index (χ1) is 7.36. The smallest absolute Gasteiger partial charge is 0.145 e. The molecule has 0 fully saturated rings. The van der Waals surface area contributed by atoms with E-state index in [1.54, 1.807) is 5.57 Å². The van der Waals surface area contributed by atoms with Gasteiger partial charge in [-0.3, -0.25) is 0 Å². The standard InChI is InChI=1S/C7H13.2C4H9.Al/c1-5-7(4)6(2)3;2*1-4(2)3;/h2,7H,5H2,1,3-4H3;2*4H,1H2,2-3H3;. The monoisotopic (exact) mass is 238 g/mol. The van der Waals surface area contributed by atoms with Crippen LogP contribution in [0.15, 0.2) is 10.5 Å². The fraction of sp³-hybridized carbons (Fsp3) is 0.867. The van der Waals surface area contributed by atoms with Gasteiger partial charge in [0.15, 0.2) is 0 Å². The minimum absolute atomic E-state index is 0.640. The molecule has 0 heterocycles. The average Bonchev–Trinajstić information content (AvgIpc) is 2.14. The topological polar surface area (TPSA) is 0 Å². The highest BCUT2D eigenvalue weighted by Crippen LogP contribution is 2.20. The van der Waals surface area contributed by atoms with Crippen LogP contribution in [0.1, 0.15) is 54.9 Å². The predicted octanol–water partition coefficient (Wildman–Crippen LogP) is 5.32. The Hall–Kier alpha value is 0.272. The normalized spacial score (nSPS) is 14.7. The first-order valence-corrected chi connectivity index (χ1v) is 9.35. The number of rotatable bonds is 7. The average molecular weight is 238 g/mol. The van der Waals surface area contributed by atoms with Crippen molar-refractivity contribution < 1.29 is 0 Å². The molecule has 0 bridgehead atoms. The van der Waals surface area contributed by atoms with E-state index < -0.39 is 14.1 Å². The summed E-state index contributed by atoms with van der Waals surface area (Å²) in [6.07, 6.45) is 1.28. The molecule has 0 N–H and O–H groups in total. The molecule has 0 spiro atoms. The van der Waals surface area contributed by atoms with Gasteiger partial charge in [-0.25, -0.2) is 0 Å². The Labute approximate surface area is 108 Å². The van der Waals surface area contributed by atoms with Crippen LogP contribution in [0, 0.1) is 17.8 Å². The zero-order valence-electron chi connectivity index (χ0n) is 12.5. The van der Waals surface area contributed by atoms with E-state index in [9.17, 15) is 0 Å². The largest absolute Gasteiger partial charge is 0.295 e. The molecule has 0 aromatic carbocycles. The highest BCUT2D eigenvalue weighted by molar-refractivity contribution is 6.64. The van der Waals surface area contributed by atoms with Crippen LogP contribution in [-0.2, 0) is 0 Å². The van der Waals surface area contributed by atoms with Crippen LogP contribution in [0.2, 0.25) is 10.6 Å². The van der Waals surface area contributed by atoms with Crippen LogP contribution in [0.3, 0.4) is 0 Å². The molecule has 94 valence electrons. The van der Waals surface area contributed by atoms with Gasteiger partial charge in [-0.15, -0.1) is 4.94 Å². The molecule has 0 amide bonds. The number of hydrogen-bond donors (Lipinski definition) is 0. The molecule has 0 saturated carbocycles. The summed E-state index contributed by atoms with van der Waals surface area (Å²) in [6.45, 7) is 16.5. The fourth-order valence-corrected chi connectivity index (χ4v) is 6.26. The van der Waals surface area contributed by atoms with Crippen LogP contribution in [0.5, 0.6) is 0 Å². The van der Waals surface area contributed by atoms with Gasteiger partial charge >= 0.3 is 0 Å². The summed E-state index contributed by atoms with van der Waals surface area (Å²) < 4.78 is 0. The molecule has 1 heteroatoms. The summed E-state index contributed by atoms with van der Waals surface area (Å²) in [6, 6.07) is 0. The highest BCUT2D eigenvalue weighted by atomic mass is 27.2. The summed E-state index contributed by atoms with van der Waals surface area (Å²) in [5, 5.41) is 2.96. The van der Waals surface area contributed by atoms with Gasteiger partial charge in [0, 0.05) is 0 Å². The lowest BCUT2D eigenvalue weighted by molar-refractivity contribution is 0.654. The van der Waals surface area contributed by atoms with Crippen molar-refractivity contribution in [3.8, 4) is 0 Å². The quantitative estimate of drug-likeness (QED) is 0.526. The second-order valence-electron chi connectivity index (χ2n) is 6.24. The van der Waals surface area contributed by atoms with E-state index in [4.69, 9.17) is 0 Å². The van der Waals surface area contributed by atoms with Crippen LogP contribution in [0.4, 0.5) is 0 Å². The molecule has 1 unspecified atom stereocenters. The summed E-state index contributed by atoms with van der Waals surface area (Å²) >= 11 is -0.640. The van der Waals surface area contributed by atoms with Crippen molar-refractivity contribution in [2.45, 2.75) is 65.5 Å². The van der Waals surface area contributed by atoms with Gasteiger partial charge in [0.1, 0.15) is 0 Å². The summed E-state index contributed by atoms with van der Waals surface area (Å²) in [7, 11) is 0. The van der Waals surface area contributed by atoms with Gasteiger partial charge in [-0.2, -0.15) is 0 Å². The molecule has 0 rings (SSSR count). The third-order valence-electron chi connectivity index (χ3n) is 3.44. The lowest BCUT2D eigenvalue weighted by atomic mass is 10.0. The van der Waals surface area contributed by atoms with Crippen molar-refractivity contribution in [2.75, 3.05) is 0 Å². The van der Waals surface area contributed by atoms with Crippen molar-refractivity contribution in [1.29, 1.82) is 0 Å². The van der Waals surface area contributed by atoms with Crippen LogP contribution in [-0.4, -0.2) is 14.1 Å². The van der Waals surface area contributed by atoms with Crippen molar-refractivity contribution >= 4 is 14.1 Å². The third kappa shape index (κ3) is 7.53. The number of allylic oxidation sites excluding steroid dienone is 1. The lowest BCUT2D eigenvalue weighted by Crippen LogP contribution is -2.16. The van der Waals surface area contributed by atoms with E-state index in [-0.39, 0.29) is 0 Å². The van der Waals surface area contributed by atoms with Gasteiger partial charge in [0.2, 0.25) is 0 Å². The fourth-order valence-electron chi connectivity index (χ4n) is 2.30. The molecule has 0 aromatic rings. The van der Waals surface area contributed by atoms with Crippen LogP contribution in [0.25, 0.3) is 0 Å². The zero-order valence-corrected chi connectivity index (χ0v) is 13.7. The van der Waals surface area contributed by atoms with Crippen LogP contribution >= 0.6 is 0 Å². The first-order valence-electron chi connectivity index (χ1n) is 7.05. The van der Waals surface area contributed by atoms with E-state index >= 15 is 0 Å². The Kier molecular flexibility index (Phi) is 8.52. The molecule has 0 radical (unpaired) electrons. The third-order valence-corrected chi connectivity index (χ3v) is 7.53. The Morgan fingerprint density at radius 2 is 1.44 bits per heavy atom. The first kappa shape index (κ1) is 16.3. The Morgan fingerprint density at radius 1 is 1.00 bits per heavy atom. The summed E-state index contributed by atoms with van der Waals surface area (Å²) in [5.74, 6) is 2.53. The molecule has 0 aliphatic carbocycles. The van der Waals surface area contributed by atoms with E-state index in [0.29, 0.717) is 0 Å². The summed E-state index contributed by atoms with van der Waals surface area (Å²) in [5.41, 5.74) is 1.65. The molecule has 1 atom stereocenters. The molecule has 0 aliphatic rings. The number of hydrogen-bond acceptors (Lipinski definition) is 0. The predicted molar refractivity (Wildman–Crippen MR) is 78.3 cm³/mol. The highest BCUT2D eigenvalue weighted by Gasteiger charge is 2.18.